The maximum absolute atomic E-state index is 12.1. The van der Waals surface area contributed by atoms with E-state index in [2.05, 4.69) is 0 Å². The molecule has 1 aromatic carbocycles. The number of rotatable bonds is 8. The minimum absolute atomic E-state index is 0.0767. The SMILES string of the molecule is Cc1ccc(S(=O)(=O)NC(=O)OCCCCC(Cl)CC(F)(F)F)cc1. The number of ether oxygens (including phenoxy) is 1. The van der Waals surface area contributed by atoms with E-state index in [0.29, 0.717) is 6.42 Å². The molecule has 0 aliphatic rings. The van der Waals surface area contributed by atoms with Gasteiger partial charge in [0.15, 0.2) is 0 Å². The van der Waals surface area contributed by atoms with Crippen LogP contribution < -0.4 is 4.72 Å². The maximum atomic E-state index is 12.1. The van der Waals surface area contributed by atoms with E-state index in [4.69, 9.17) is 16.3 Å². The zero-order valence-corrected chi connectivity index (χ0v) is 15.0. The van der Waals surface area contributed by atoms with Crippen molar-refractivity contribution in [3.05, 3.63) is 29.8 Å². The second-order valence-electron chi connectivity index (χ2n) is 5.47. The molecule has 1 amide bonds. The van der Waals surface area contributed by atoms with Gasteiger partial charge in [-0.05, 0) is 38.3 Å². The van der Waals surface area contributed by atoms with Crippen molar-refractivity contribution in [2.24, 2.45) is 0 Å². The average Bonchev–Trinajstić information content (AvgIpc) is 2.44. The Morgan fingerprint density at radius 3 is 2.40 bits per heavy atom. The molecule has 0 fully saturated rings. The van der Waals surface area contributed by atoms with E-state index in [-0.39, 0.29) is 24.3 Å². The summed E-state index contributed by atoms with van der Waals surface area (Å²) in [5.74, 6) is 0. The number of hydrogen-bond acceptors (Lipinski definition) is 4. The molecule has 0 radical (unpaired) electrons. The molecule has 0 spiro atoms. The summed E-state index contributed by atoms with van der Waals surface area (Å²) in [4.78, 5) is 11.4. The Bertz CT molecular complexity index is 662. The topological polar surface area (TPSA) is 72.5 Å². The highest BCUT2D eigenvalue weighted by Crippen LogP contribution is 2.26. The van der Waals surface area contributed by atoms with E-state index in [1.54, 1.807) is 23.8 Å². The highest BCUT2D eigenvalue weighted by Gasteiger charge is 2.30. The molecular formula is C15H19ClF3NO4S. The summed E-state index contributed by atoms with van der Waals surface area (Å²) in [6, 6.07) is 5.88. The fraction of sp³-hybridized carbons (Fsp3) is 0.533. The maximum Gasteiger partial charge on any atom is 0.421 e. The molecule has 1 rings (SSSR count). The van der Waals surface area contributed by atoms with Gasteiger partial charge in [-0.15, -0.1) is 11.6 Å². The van der Waals surface area contributed by atoms with Gasteiger partial charge in [-0.1, -0.05) is 17.7 Å². The summed E-state index contributed by atoms with van der Waals surface area (Å²) in [5, 5.41) is -1.03. The van der Waals surface area contributed by atoms with E-state index >= 15 is 0 Å². The lowest BCUT2D eigenvalue weighted by Gasteiger charge is -2.12. The van der Waals surface area contributed by atoms with E-state index in [0.717, 1.165) is 5.56 Å². The molecule has 1 unspecified atom stereocenters. The Labute approximate surface area is 149 Å². The highest BCUT2D eigenvalue weighted by molar-refractivity contribution is 7.90. The number of unbranched alkanes of at least 4 members (excludes halogenated alkanes) is 1. The molecule has 0 aliphatic heterocycles. The van der Waals surface area contributed by atoms with Gasteiger partial charge in [0.1, 0.15) is 0 Å². The lowest BCUT2D eigenvalue weighted by Crippen LogP contribution is -2.31. The number of carbonyl (C=O) groups is 1. The van der Waals surface area contributed by atoms with Crippen LogP contribution in [0.2, 0.25) is 0 Å². The number of halogens is 4. The lowest BCUT2D eigenvalue weighted by atomic mass is 10.1. The van der Waals surface area contributed by atoms with E-state index in [1.165, 1.54) is 12.1 Å². The van der Waals surface area contributed by atoms with Gasteiger partial charge in [0.25, 0.3) is 10.0 Å². The van der Waals surface area contributed by atoms with Crippen LogP contribution in [0.15, 0.2) is 29.2 Å². The quantitative estimate of drug-likeness (QED) is 0.525. The predicted octanol–water partition coefficient (Wildman–Crippen LogP) is 4.14. The van der Waals surface area contributed by atoms with Gasteiger partial charge in [0.05, 0.1) is 17.9 Å². The molecule has 25 heavy (non-hydrogen) atoms. The minimum Gasteiger partial charge on any atom is -0.449 e. The second-order valence-corrected chi connectivity index (χ2v) is 7.77. The normalized spacial score (nSPS) is 13.3. The van der Waals surface area contributed by atoms with Crippen molar-refractivity contribution in [2.45, 2.75) is 49.1 Å². The van der Waals surface area contributed by atoms with Crippen molar-refractivity contribution < 1.29 is 31.1 Å². The van der Waals surface area contributed by atoms with Crippen LogP contribution in [0.25, 0.3) is 0 Å². The molecule has 142 valence electrons. The first kappa shape index (κ1) is 21.6. The summed E-state index contributed by atoms with van der Waals surface area (Å²) in [6.07, 6.45) is -5.81. The van der Waals surface area contributed by atoms with Crippen molar-refractivity contribution in [1.29, 1.82) is 0 Å². The van der Waals surface area contributed by atoms with Gasteiger partial charge in [0.2, 0.25) is 0 Å². The minimum atomic E-state index is -4.31. The first-order chi connectivity index (χ1) is 11.5. The number of sulfonamides is 1. The fourth-order valence-corrected chi connectivity index (χ4v) is 3.12. The van der Waals surface area contributed by atoms with Gasteiger partial charge < -0.3 is 4.74 Å². The Kier molecular flexibility index (Phi) is 8.01. The molecule has 10 heteroatoms. The summed E-state index contributed by atoms with van der Waals surface area (Å²) in [6.45, 7) is 1.67. The van der Waals surface area contributed by atoms with Gasteiger partial charge >= 0.3 is 12.3 Å². The molecule has 1 aromatic rings. The summed E-state index contributed by atoms with van der Waals surface area (Å²) in [7, 11) is -4.02. The van der Waals surface area contributed by atoms with Crippen molar-refractivity contribution in [3.63, 3.8) is 0 Å². The summed E-state index contributed by atoms with van der Waals surface area (Å²) >= 11 is 5.55. The largest absolute Gasteiger partial charge is 0.449 e. The molecule has 0 saturated heterocycles. The molecule has 0 saturated carbocycles. The van der Waals surface area contributed by atoms with Crippen molar-refractivity contribution in [2.75, 3.05) is 6.61 Å². The first-order valence-electron chi connectivity index (χ1n) is 7.47. The number of amides is 1. The number of aryl methyl sites for hydroxylation is 1. The monoisotopic (exact) mass is 401 g/mol. The molecule has 1 atom stereocenters. The molecule has 0 aliphatic carbocycles. The van der Waals surface area contributed by atoms with Gasteiger partial charge in [-0.25, -0.2) is 17.9 Å². The predicted molar refractivity (Wildman–Crippen MR) is 87.0 cm³/mol. The second kappa shape index (κ2) is 9.28. The molecule has 0 aromatic heterocycles. The van der Waals surface area contributed by atoms with Crippen LogP contribution in [0, 0.1) is 6.92 Å². The van der Waals surface area contributed by atoms with Crippen LogP contribution in [-0.4, -0.2) is 32.7 Å². The fourth-order valence-electron chi connectivity index (χ4n) is 1.90. The summed E-state index contributed by atoms with van der Waals surface area (Å²) in [5.41, 5.74) is 0.865. The van der Waals surface area contributed by atoms with Gasteiger partial charge in [-0.2, -0.15) is 13.2 Å². The third-order valence-corrected chi connectivity index (χ3v) is 4.85. The van der Waals surface area contributed by atoms with E-state index < -0.39 is 34.1 Å². The Morgan fingerprint density at radius 2 is 1.84 bits per heavy atom. The number of carbonyl (C=O) groups excluding carboxylic acids is 1. The Hall–Kier alpha value is -1.48. The zero-order chi connectivity index (χ0) is 19.1. The molecule has 5 nitrogen and oxygen atoms in total. The zero-order valence-electron chi connectivity index (χ0n) is 13.5. The molecule has 1 N–H and O–H groups in total. The van der Waals surface area contributed by atoms with Crippen LogP contribution in [0.4, 0.5) is 18.0 Å². The standard InChI is InChI=1S/C15H19ClF3NO4S/c1-11-5-7-13(8-6-11)25(22,23)20-14(21)24-9-3-2-4-12(16)10-15(17,18)19/h5-8,12H,2-4,9-10H2,1H3,(H,20,21). The molecule has 0 heterocycles. The number of benzene rings is 1. The smallest absolute Gasteiger partial charge is 0.421 e. The van der Waals surface area contributed by atoms with Crippen LogP contribution in [0.5, 0.6) is 0 Å². The lowest BCUT2D eigenvalue weighted by molar-refractivity contribution is -0.134. The van der Waals surface area contributed by atoms with Crippen molar-refractivity contribution >= 4 is 27.7 Å². The number of alkyl halides is 4. The van der Waals surface area contributed by atoms with Crippen molar-refractivity contribution in [1.82, 2.24) is 4.72 Å². The highest BCUT2D eigenvalue weighted by atomic mass is 35.5. The first-order valence-corrected chi connectivity index (χ1v) is 9.38. The average molecular weight is 402 g/mol. The van der Waals surface area contributed by atoms with Crippen LogP contribution in [-0.2, 0) is 14.8 Å². The van der Waals surface area contributed by atoms with Crippen LogP contribution in [0.3, 0.4) is 0 Å². The third kappa shape index (κ3) is 8.97. The summed E-state index contributed by atoms with van der Waals surface area (Å²) < 4.78 is 66.6. The Morgan fingerprint density at radius 1 is 1.24 bits per heavy atom. The van der Waals surface area contributed by atoms with Gasteiger partial charge in [-0.3, -0.25) is 0 Å². The third-order valence-electron chi connectivity index (χ3n) is 3.15. The Balaban J connectivity index is 2.30. The molecule has 0 bridgehead atoms. The van der Waals surface area contributed by atoms with E-state index in [9.17, 15) is 26.4 Å². The van der Waals surface area contributed by atoms with Crippen LogP contribution in [0.1, 0.15) is 31.2 Å². The number of hydrogen-bond donors (Lipinski definition) is 1. The number of nitrogens with one attached hydrogen (secondary N) is 1. The van der Waals surface area contributed by atoms with Crippen LogP contribution >= 0.6 is 11.6 Å². The molecular weight excluding hydrogens is 383 g/mol. The van der Waals surface area contributed by atoms with Gasteiger partial charge in [0, 0.05) is 5.38 Å². The van der Waals surface area contributed by atoms with Crippen molar-refractivity contribution in [3.8, 4) is 0 Å². The van der Waals surface area contributed by atoms with E-state index in [1.807, 2.05) is 0 Å².